The highest BCUT2D eigenvalue weighted by Crippen LogP contribution is 2.46. The first-order chi connectivity index (χ1) is 21.5. The Morgan fingerprint density at radius 3 is 1.98 bits per heavy atom. The molecule has 2 N–H and O–H groups in total. The van der Waals surface area contributed by atoms with Gasteiger partial charge < -0.3 is 24.8 Å². The molecule has 3 fully saturated rings. The van der Waals surface area contributed by atoms with Gasteiger partial charge in [-0.1, -0.05) is 111 Å². The lowest BCUT2D eigenvalue weighted by atomic mass is 9.65. The van der Waals surface area contributed by atoms with Crippen molar-refractivity contribution in [3.05, 3.63) is 0 Å². The van der Waals surface area contributed by atoms with Crippen molar-refractivity contribution >= 4 is 17.8 Å². The van der Waals surface area contributed by atoms with E-state index in [1.165, 1.54) is 77.0 Å². The Morgan fingerprint density at radius 2 is 1.40 bits per heavy atom. The highest BCUT2D eigenvalue weighted by Gasteiger charge is 2.46. The van der Waals surface area contributed by atoms with Crippen molar-refractivity contribution in [2.45, 2.75) is 193 Å². The van der Waals surface area contributed by atoms with E-state index in [1.54, 1.807) is 13.8 Å². The van der Waals surface area contributed by atoms with Crippen LogP contribution in [0.2, 0.25) is 0 Å². The van der Waals surface area contributed by atoms with Crippen LogP contribution in [0.3, 0.4) is 0 Å². The molecule has 0 aromatic heterocycles. The van der Waals surface area contributed by atoms with Gasteiger partial charge in [-0.3, -0.25) is 14.4 Å². The highest BCUT2D eigenvalue weighted by atomic mass is 16.7. The summed E-state index contributed by atoms with van der Waals surface area (Å²) in [5, 5.41) is 6.13. The first kappa shape index (κ1) is 37.8. The van der Waals surface area contributed by atoms with Crippen molar-refractivity contribution in [3.63, 3.8) is 0 Å². The number of carbonyl (C=O) groups excluding carboxylic acids is 3. The maximum Gasteiger partial charge on any atom is 0.307 e. The minimum atomic E-state index is -0.830. The molecule has 260 valence electrons. The van der Waals surface area contributed by atoms with Crippen molar-refractivity contribution in [1.29, 1.82) is 0 Å². The second-order valence-electron chi connectivity index (χ2n) is 15.4. The Bertz CT molecular complexity index is 915. The van der Waals surface area contributed by atoms with Crippen LogP contribution in [-0.2, 0) is 28.6 Å². The van der Waals surface area contributed by atoms with E-state index in [0.29, 0.717) is 6.61 Å². The average Bonchev–Trinajstić information content (AvgIpc) is 3.39. The summed E-state index contributed by atoms with van der Waals surface area (Å²) < 4.78 is 17.4. The number of nitrogens with one attached hydrogen (secondary N) is 2. The molecule has 1 saturated heterocycles. The van der Waals surface area contributed by atoms with Crippen LogP contribution >= 0.6 is 0 Å². The fourth-order valence-electron chi connectivity index (χ4n) is 7.16. The maximum absolute atomic E-state index is 13.5. The number of esters is 1. The summed E-state index contributed by atoms with van der Waals surface area (Å²) in [5.41, 5.74) is -0.701. The molecule has 0 spiro atoms. The number of rotatable bonds is 21. The van der Waals surface area contributed by atoms with E-state index in [0.717, 1.165) is 51.4 Å². The topological polar surface area (TPSA) is 103 Å². The van der Waals surface area contributed by atoms with Crippen LogP contribution in [0.1, 0.15) is 169 Å². The van der Waals surface area contributed by atoms with Gasteiger partial charge in [-0.05, 0) is 52.4 Å². The molecule has 2 amide bonds. The number of amides is 2. The van der Waals surface area contributed by atoms with E-state index in [9.17, 15) is 14.4 Å². The molecule has 45 heavy (non-hydrogen) atoms. The van der Waals surface area contributed by atoms with Gasteiger partial charge in [0.25, 0.3) is 0 Å². The molecule has 0 aromatic carbocycles. The van der Waals surface area contributed by atoms with Crippen molar-refractivity contribution in [3.8, 4) is 0 Å². The van der Waals surface area contributed by atoms with E-state index in [2.05, 4.69) is 17.6 Å². The number of ether oxygens (including phenoxy) is 3. The smallest absolute Gasteiger partial charge is 0.307 e. The standard InChI is InChI=1S/C37H66N2O6/c1-6-7-8-9-10-11-12-13-14-15-16-17-18-24-37(25-20-26-37)34(42)39-29-21-19-22-30(29)44-31(40)23-27-38-33(41)32-35(2,3)28-43-36(4,5)45-32/h29-30,32H,6-28H2,1-5H3,(H,38,41)(H,39,42). The van der Waals surface area contributed by atoms with Gasteiger partial charge in [0.15, 0.2) is 5.79 Å². The van der Waals surface area contributed by atoms with E-state index in [-0.39, 0.29) is 48.3 Å². The van der Waals surface area contributed by atoms with Gasteiger partial charge in [-0.25, -0.2) is 0 Å². The molecular formula is C37H66N2O6. The molecular weight excluding hydrogens is 568 g/mol. The fourth-order valence-corrected chi connectivity index (χ4v) is 7.16. The van der Waals surface area contributed by atoms with Crippen LogP contribution in [0.15, 0.2) is 0 Å². The van der Waals surface area contributed by atoms with Crippen molar-refractivity contribution < 1.29 is 28.6 Å². The van der Waals surface area contributed by atoms with Crippen LogP contribution in [0.25, 0.3) is 0 Å². The van der Waals surface area contributed by atoms with Gasteiger partial charge in [0.2, 0.25) is 11.8 Å². The van der Waals surface area contributed by atoms with Crippen molar-refractivity contribution in [1.82, 2.24) is 10.6 Å². The molecule has 1 aliphatic heterocycles. The fraction of sp³-hybridized carbons (Fsp3) is 0.919. The Hall–Kier alpha value is -1.67. The molecule has 8 heteroatoms. The first-order valence-corrected chi connectivity index (χ1v) is 18.6. The first-order valence-electron chi connectivity index (χ1n) is 18.6. The van der Waals surface area contributed by atoms with Crippen LogP contribution in [0.4, 0.5) is 0 Å². The predicted octanol–water partition coefficient (Wildman–Crippen LogP) is 7.90. The molecule has 3 rings (SSSR count). The van der Waals surface area contributed by atoms with E-state index in [4.69, 9.17) is 14.2 Å². The largest absolute Gasteiger partial charge is 0.460 e. The van der Waals surface area contributed by atoms with Gasteiger partial charge in [-0.2, -0.15) is 0 Å². The summed E-state index contributed by atoms with van der Waals surface area (Å²) in [6, 6.07) is -0.126. The van der Waals surface area contributed by atoms with E-state index in [1.807, 2.05) is 13.8 Å². The zero-order chi connectivity index (χ0) is 32.8. The molecule has 3 aliphatic rings. The lowest BCUT2D eigenvalue weighted by molar-refractivity contribution is -0.304. The minimum Gasteiger partial charge on any atom is -0.460 e. The van der Waals surface area contributed by atoms with Crippen LogP contribution < -0.4 is 10.6 Å². The second kappa shape index (κ2) is 18.6. The SMILES string of the molecule is CCCCCCCCCCCCCCCC1(C(=O)NC2CCCC2OC(=O)CCNC(=O)C2OC(C)(C)OCC2(C)C)CCC1. The van der Waals surface area contributed by atoms with E-state index < -0.39 is 17.3 Å². The summed E-state index contributed by atoms with van der Waals surface area (Å²) in [6.45, 7) is 10.3. The third-order valence-corrected chi connectivity index (χ3v) is 10.4. The van der Waals surface area contributed by atoms with Crippen LogP contribution in [0.5, 0.6) is 0 Å². The summed E-state index contributed by atoms with van der Waals surface area (Å²) in [4.78, 5) is 39.0. The summed E-state index contributed by atoms with van der Waals surface area (Å²) >= 11 is 0. The number of hydrogen-bond donors (Lipinski definition) is 2. The zero-order valence-electron chi connectivity index (χ0n) is 29.4. The third-order valence-electron chi connectivity index (χ3n) is 10.4. The Kier molecular flexibility index (Phi) is 15.6. The number of carbonyl (C=O) groups is 3. The summed E-state index contributed by atoms with van der Waals surface area (Å²) in [6.07, 6.45) is 23.0. The zero-order valence-corrected chi connectivity index (χ0v) is 29.4. The highest BCUT2D eigenvalue weighted by molar-refractivity contribution is 5.84. The molecule has 8 nitrogen and oxygen atoms in total. The molecule has 3 atom stereocenters. The van der Waals surface area contributed by atoms with E-state index >= 15 is 0 Å². The Morgan fingerprint density at radius 1 is 0.800 bits per heavy atom. The third kappa shape index (κ3) is 12.5. The van der Waals surface area contributed by atoms with Crippen LogP contribution in [-0.4, -0.2) is 55.0 Å². The van der Waals surface area contributed by atoms with Crippen molar-refractivity contribution in [2.24, 2.45) is 10.8 Å². The van der Waals surface area contributed by atoms with Gasteiger partial charge in [0, 0.05) is 17.4 Å². The minimum absolute atomic E-state index is 0.0823. The summed E-state index contributed by atoms with van der Waals surface area (Å²) in [5.74, 6) is -1.26. The van der Waals surface area contributed by atoms with Gasteiger partial charge in [0.1, 0.15) is 12.2 Å². The number of unbranched alkanes of at least 4 members (excludes halogenated alkanes) is 12. The molecule has 3 unspecified atom stereocenters. The predicted molar refractivity (Wildman–Crippen MR) is 179 cm³/mol. The van der Waals surface area contributed by atoms with Crippen LogP contribution in [0, 0.1) is 10.8 Å². The quantitative estimate of drug-likeness (QED) is 0.0983. The lowest BCUT2D eigenvalue weighted by Crippen LogP contribution is -2.56. The second-order valence-corrected chi connectivity index (χ2v) is 15.4. The van der Waals surface area contributed by atoms with Gasteiger partial charge in [0.05, 0.1) is 19.1 Å². The maximum atomic E-state index is 13.5. The molecule has 2 aliphatic carbocycles. The molecule has 0 radical (unpaired) electrons. The molecule has 1 heterocycles. The Balaban J connectivity index is 1.29. The number of hydrogen-bond acceptors (Lipinski definition) is 6. The van der Waals surface area contributed by atoms with Gasteiger partial charge in [-0.15, -0.1) is 0 Å². The summed E-state index contributed by atoms with van der Waals surface area (Å²) in [7, 11) is 0. The Labute approximate surface area is 274 Å². The molecule has 0 aromatic rings. The normalized spacial score (nSPS) is 24.9. The monoisotopic (exact) mass is 634 g/mol. The lowest BCUT2D eigenvalue weighted by Gasteiger charge is -2.44. The molecule has 0 bridgehead atoms. The average molecular weight is 635 g/mol. The van der Waals surface area contributed by atoms with Gasteiger partial charge >= 0.3 is 5.97 Å². The van der Waals surface area contributed by atoms with Crippen molar-refractivity contribution in [2.75, 3.05) is 13.2 Å². The molecule has 2 saturated carbocycles.